The van der Waals surface area contributed by atoms with Crippen LogP contribution in [0.3, 0.4) is 0 Å². The van der Waals surface area contributed by atoms with E-state index in [9.17, 15) is 4.79 Å². The van der Waals surface area contributed by atoms with E-state index in [0.717, 1.165) is 57.6 Å². The minimum Gasteiger partial charge on any atom is -0.491 e. The van der Waals surface area contributed by atoms with E-state index in [2.05, 4.69) is 53.5 Å². The summed E-state index contributed by atoms with van der Waals surface area (Å²) in [5, 5.41) is 3.15. The molecule has 1 saturated heterocycles. The molecule has 0 aromatic heterocycles. The number of hydrogen-bond acceptors (Lipinski definition) is 3. The number of likely N-dealkylation sites (tertiary alicyclic amines) is 1. The molecule has 3 rings (SSSR count). The van der Waals surface area contributed by atoms with Gasteiger partial charge in [-0.25, -0.2) is 0 Å². The lowest BCUT2D eigenvalue weighted by molar-refractivity contribution is -0.126. The average Bonchev–Trinajstić information content (AvgIpc) is 2.73. The SMILES string of the molecule is Cc1ccc(CN2CCC(C(=O)NCCCc3cccc(OC(C)C)c3)CC2)cc1. The van der Waals surface area contributed by atoms with Gasteiger partial charge in [-0.1, -0.05) is 42.0 Å². The zero-order valence-corrected chi connectivity index (χ0v) is 18.7. The summed E-state index contributed by atoms with van der Waals surface area (Å²) in [7, 11) is 0. The van der Waals surface area contributed by atoms with Crippen molar-refractivity contribution >= 4 is 5.91 Å². The number of benzene rings is 2. The van der Waals surface area contributed by atoms with Crippen molar-refractivity contribution in [2.75, 3.05) is 19.6 Å². The fourth-order valence-electron chi connectivity index (χ4n) is 4.00. The largest absolute Gasteiger partial charge is 0.491 e. The summed E-state index contributed by atoms with van der Waals surface area (Å²) in [6.07, 6.45) is 3.98. The number of aryl methyl sites for hydroxylation is 2. The van der Waals surface area contributed by atoms with Gasteiger partial charge in [0.15, 0.2) is 0 Å². The second-order valence-electron chi connectivity index (χ2n) is 8.74. The maximum atomic E-state index is 12.5. The van der Waals surface area contributed by atoms with Crippen LogP contribution in [0.2, 0.25) is 0 Å². The molecule has 0 unspecified atom stereocenters. The van der Waals surface area contributed by atoms with E-state index >= 15 is 0 Å². The van der Waals surface area contributed by atoms with Gasteiger partial charge in [0.1, 0.15) is 5.75 Å². The van der Waals surface area contributed by atoms with E-state index in [-0.39, 0.29) is 17.9 Å². The molecule has 0 bridgehead atoms. The highest BCUT2D eigenvalue weighted by Crippen LogP contribution is 2.20. The van der Waals surface area contributed by atoms with Crippen LogP contribution in [-0.4, -0.2) is 36.5 Å². The number of ether oxygens (including phenoxy) is 1. The Kier molecular flexibility index (Phi) is 8.32. The molecular formula is C26H36N2O2. The molecule has 2 aromatic rings. The minimum absolute atomic E-state index is 0.155. The van der Waals surface area contributed by atoms with Crippen molar-refractivity contribution in [3.05, 3.63) is 65.2 Å². The molecule has 4 heteroatoms. The van der Waals surface area contributed by atoms with Crippen LogP contribution in [0.15, 0.2) is 48.5 Å². The first-order chi connectivity index (χ1) is 14.5. The van der Waals surface area contributed by atoms with Crippen molar-refractivity contribution in [1.29, 1.82) is 0 Å². The van der Waals surface area contributed by atoms with Gasteiger partial charge < -0.3 is 10.1 Å². The van der Waals surface area contributed by atoms with Crippen molar-refractivity contribution in [3.8, 4) is 5.75 Å². The molecule has 0 saturated carbocycles. The quantitative estimate of drug-likeness (QED) is 0.609. The van der Waals surface area contributed by atoms with Crippen molar-refractivity contribution in [2.45, 2.75) is 59.1 Å². The molecule has 0 spiro atoms. The molecule has 1 fully saturated rings. The van der Waals surface area contributed by atoms with Crippen LogP contribution in [-0.2, 0) is 17.8 Å². The Hall–Kier alpha value is -2.33. The van der Waals surface area contributed by atoms with Gasteiger partial charge in [0.25, 0.3) is 0 Å². The van der Waals surface area contributed by atoms with Gasteiger partial charge in [0.2, 0.25) is 5.91 Å². The van der Waals surface area contributed by atoms with Gasteiger partial charge in [0, 0.05) is 19.0 Å². The van der Waals surface area contributed by atoms with Crippen LogP contribution in [0.5, 0.6) is 5.75 Å². The van der Waals surface area contributed by atoms with E-state index in [4.69, 9.17) is 4.74 Å². The summed E-state index contributed by atoms with van der Waals surface area (Å²) in [5.41, 5.74) is 3.91. The van der Waals surface area contributed by atoms with Gasteiger partial charge in [-0.2, -0.15) is 0 Å². The standard InChI is InChI=1S/C26H36N2O2/c1-20(2)30-25-8-4-6-22(18-25)7-5-15-27-26(29)24-13-16-28(17-14-24)19-23-11-9-21(3)10-12-23/h4,6,8-12,18,20,24H,5,7,13-17,19H2,1-3H3,(H,27,29). The summed E-state index contributed by atoms with van der Waals surface area (Å²) in [6, 6.07) is 17.0. The molecule has 1 heterocycles. The van der Waals surface area contributed by atoms with Crippen LogP contribution in [0.1, 0.15) is 49.8 Å². The van der Waals surface area contributed by atoms with Crippen LogP contribution in [0.4, 0.5) is 0 Å². The summed E-state index contributed by atoms with van der Waals surface area (Å²) in [4.78, 5) is 15.0. The number of nitrogens with one attached hydrogen (secondary N) is 1. The smallest absolute Gasteiger partial charge is 0.223 e. The fourth-order valence-corrected chi connectivity index (χ4v) is 4.00. The van der Waals surface area contributed by atoms with Gasteiger partial charge in [0.05, 0.1) is 6.10 Å². The predicted octanol–water partition coefficient (Wildman–Crippen LogP) is 4.74. The van der Waals surface area contributed by atoms with Crippen molar-refractivity contribution in [3.63, 3.8) is 0 Å². The third kappa shape index (κ3) is 7.17. The van der Waals surface area contributed by atoms with Gasteiger partial charge in [-0.15, -0.1) is 0 Å². The number of carbonyl (C=O) groups is 1. The molecule has 1 aliphatic heterocycles. The second-order valence-corrected chi connectivity index (χ2v) is 8.74. The molecule has 2 aromatic carbocycles. The van der Waals surface area contributed by atoms with E-state index < -0.39 is 0 Å². The molecule has 1 aliphatic rings. The zero-order chi connectivity index (χ0) is 21.3. The normalized spacial score (nSPS) is 15.3. The predicted molar refractivity (Wildman–Crippen MR) is 123 cm³/mol. The molecule has 162 valence electrons. The number of rotatable bonds is 9. The molecule has 0 atom stereocenters. The highest BCUT2D eigenvalue weighted by molar-refractivity contribution is 5.78. The lowest BCUT2D eigenvalue weighted by Crippen LogP contribution is -2.40. The Balaban J connectivity index is 1.33. The number of nitrogens with zero attached hydrogens (tertiary/aromatic N) is 1. The summed E-state index contributed by atoms with van der Waals surface area (Å²) in [5.74, 6) is 1.30. The monoisotopic (exact) mass is 408 g/mol. The first-order valence-electron chi connectivity index (χ1n) is 11.3. The van der Waals surface area contributed by atoms with E-state index in [0.29, 0.717) is 0 Å². The minimum atomic E-state index is 0.155. The van der Waals surface area contributed by atoms with Crippen LogP contribution in [0.25, 0.3) is 0 Å². The molecule has 0 radical (unpaired) electrons. The van der Waals surface area contributed by atoms with E-state index in [1.54, 1.807) is 0 Å². The number of piperidine rings is 1. The maximum absolute atomic E-state index is 12.5. The molecule has 1 amide bonds. The molecule has 30 heavy (non-hydrogen) atoms. The van der Waals surface area contributed by atoms with Gasteiger partial charge in [-0.3, -0.25) is 9.69 Å². The third-order valence-corrected chi connectivity index (χ3v) is 5.70. The Morgan fingerprint density at radius 3 is 2.53 bits per heavy atom. The van der Waals surface area contributed by atoms with Gasteiger partial charge in [-0.05, 0) is 82.8 Å². The van der Waals surface area contributed by atoms with Crippen molar-refractivity contribution in [2.24, 2.45) is 5.92 Å². The highest BCUT2D eigenvalue weighted by atomic mass is 16.5. The fraction of sp³-hybridized carbons (Fsp3) is 0.500. The summed E-state index contributed by atoms with van der Waals surface area (Å²) >= 11 is 0. The summed E-state index contributed by atoms with van der Waals surface area (Å²) in [6.45, 7) is 9.89. The third-order valence-electron chi connectivity index (χ3n) is 5.70. The molecule has 1 N–H and O–H groups in total. The summed E-state index contributed by atoms with van der Waals surface area (Å²) < 4.78 is 5.76. The Morgan fingerprint density at radius 2 is 1.83 bits per heavy atom. The van der Waals surface area contributed by atoms with Crippen LogP contribution in [0, 0.1) is 12.8 Å². The highest BCUT2D eigenvalue weighted by Gasteiger charge is 2.24. The number of carbonyl (C=O) groups excluding carboxylic acids is 1. The zero-order valence-electron chi connectivity index (χ0n) is 18.7. The molecule has 4 nitrogen and oxygen atoms in total. The lowest BCUT2D eigenvalue weighted by Gasteiger charge is -2.31. The number of hydrogen-bond donors (Lipinski definition) is 1. The number of amides is 1. The van der Waals surface area contributed by atoms with Gasteiger partial charge >= 0.3 is 0 Å². The van der Waals surface area contributed by atoms with Crippen LogP contribution < -0.4 is 10.1 Å². The second kappa shape index (κ2) is 11.2. The first-order valence-corrected chi connectivity index (χ1v) is 11.3. The van der Waals surface area contributed by atoms with Crippen molar-refractivity contribution < 1.29 is 9.53 Å². The Morgan fingerprint density at radius 1 is 1.10 bits per heavy atom. The van der Waals surface area contributed by atoms with E-state index in [1.165, 1.54) is 16.7 Å². The van der Waals surface area contributed by atoms with Crippen molar-refractivity contribution in [1.82, 2.24) is 10.2 Å². The maximum Gasteiger partial charge on any atom is 0.223 e. The molecular weight excluding hydrogens is 372 g/mol. The first kappa shape index (κ1) is 22.4. The van der Waals surface area contributed by atoms with E-state index in [1.807, 2.05) is 26.0 Å². The Labute approximate surface area is 181 Å². The topological polar surface area (TPSA) is 41.6 Å². The van der Waals surface area contributed by atoms with Crippen LogP contribution >= 0.6 is 0 Å². The average molecular weight is 409 g/mol. The lowest BCUT2D eigenvalue weighted by atomic mass is 9.95. The molecule has 0 aliphatic carbocycles. The Bertz CT molecular complexity index is 793.